The molecule has 0 aliphatic heterocycles. The number of benzene rings is 1. The van der Waals surface area contributed by atoms with Gasteiger partial charge in [0.05, 0.1) is 4.88 Å². The number of thioether (sulfide) groups is 1. The second-order valence-corrected chi connectivity index (χ2v) is 7.13. The van der Waals surface area contributed by atoms with Gasteiger partial charge in [-0.25, -0.2) is 9.37 Å². The second-order valence-electron chi connectivity index (χ2n) is 5.22. The number of hydrogen-bond acceptors (Lipinski definition) is 6. The summed E-state index contributed by atoms with van der Waals surface area (Å²) in [5.41, 5.74) is 0.908. The van der Waals surface area contributed by atoms with E-state index in [4.69, 9.17) is 0 Å². The summed E-state index contributed by atoms with van der Waals surface area (Å²) in [6, 6.07) is 8.42. The van der Waals surface area contributed by atoms with Crippen LogP contribution in [0.4, 0.5) is 4.39 Å². The Morgan fingerprint density at radius 2 is 2.28 bits per heavy atom. The molecule has 0 atom stereocenters. The van der Waals surface area contributed by atoms with Crippen molar-refractivity contribution in [2.24, 2.45) is 0 Å². The standard InChI is InChI=1S/C17H12FN3O2S2/c1-9-5-10(6-12(18)15(9)22)8-25-17-20-14(13-3-2-4-24-13)11(7-19)16(23)21-17/h2-6,22H,8H2,1H3,(H,20,21,23). The van der Waals surface area contributed by atoms with Crippen molar-refractivity contribution in [3.05, 3.63) is 62.5 Å². The van der Waals surface area contributed by atoms with Gasteiger partial charge >= 0.3 is 0 Å². The maximum absolute atomic E-state index is 13.6. The number of aryl methyl sites for hydroxylation is 1. The van der Waals surface area contributed by atoms with Gasteiger partial charge in [0.15, 0.2) is 16.7 Å². The van der Waals surface area contributed by atoms with Gasteiger partial charge in [-0.05, 0) is 35.6 Å². The lowest BCUT2D eigenvalue weighted by atomic mass is 10.1. The summed E-state index contributed by atoms with van der Waals surface area (Å²) in [5.74, 6) is -0.689. The van der Waals surface area contributed by atoms with E-state index in [0.717, 1.165) is 4.88 Å². The van der Waals surface area contributed by atoms with Gasteiger partial charge in [-0.15, -0.1) is 11.3 Å². The summed E-state index contributed by atoms with van der Waals surface area (Å²) < 4.78 is 13.6. The topological polar surface area (TPSA) is 89.8 Å². The van der Waals surface area contributed by atoms with Crippen LogP contribution in [-0.4, -0.2) is 15.1 Å². The van der Waals surface area contributed by atoms with Gasteiger partial charge < -0.3 is 10.1 Å². The molecule has 3 rings (SSSR count). The van der Waals surface area contributed by atoms with E-state index in [0.29, 0.717) is 27.7 Å². The van der Waals surface area contributed by atoms with Crippen LogP contribution < -0.4 is 5.56 Å². The first kappa shape index (κ1) is 17.2. The average molecular weight is 373 g/mol. The first-order chi connectivity index (χ1) is 12.0. The molecule has 0 aliphatic carbocycles. The van der Waals surface area contributed by atoms with Crippen LogP contribution in [0.5, 0.6) is 5.75 Å². The maximum atomic E-state index is 13.6. The fraction of sp³-hybridized carbons (Fsp3) is 0.118. The molecular weight excluding hydrogens is 361 g/mol. The molecule has 3 aromatic rings. The third kappa shape index (κ3) is 3.57. The van der Waals surface area contributed by atoms with Crippen LogP contribution in [0.15, 0.2) is 39.6 Å². The number of nitrogens with zero attached hydrogens (tertiary/aromatic N) is 2. The van der Waals surface area contributed by atoms with E-state index >= 15 is 0 Å². The summed E-state index contributed by atoms with van der Waals surface area (Å²) in [4.78, 5) is 19.8. The molecule has 2 N–H and O–H groups in total. The molecule has 25 heavy (non-hydrogen) atoms. The summed E-state index contributed by atoms with van der Waals surface area (Å²) in [7, 11) is 0. The van der Waals surface area contributed by atoms with Crippen LogP contribution in [-0.2, 0) is 5.75 Å². The molecule has 0 saturated carbocycles. The first-order valence-electron chi connectivity index (χ1n) is 7.18. The van der Waals surface area contributed by atoms with Crippen LogP contribution in [0, 0.1) is 24.1 Å². The van der Waals surface area contributed by atoms with Crippen molar-refractivity contribution >= 4 is 23.1 Å². The minimum absolute atomic E-state index is 0.0293. The Morgan fingerprint density at radius 3 is 2.92 bits per heavy atom. The molecule has 0 saturated heterocycles. The molecule has 0 fully saturated rings. The predicted molar refractivity (Wildman–Crippen MR) is 95.2 cm³/mol. The molecule has 0 unspecified atom stereocenters. The van der Waals surface area contributed by atoms with Crippen LogP contribution in [0.25, 0.3) is 10.6 Å². The molecule has 0 bridgehead atoms. The number of phenolic OH excluding ortho intramolecular Hbond substituents is 1. The Labute approximate surface area is 150 Å². The summed E-state index contributed by atoms with van der Waals surface area (Å²) in [5, 5.41) is 20.9. The second kappa shape index (κ2) is 7.09. The number of H-pyrrole nitrogens is 1. The van der Waals surface area contributed by atoms with Gasteiger partial charge in [0, 0.05) is 5.75 Å². The van der Waals surface area contributed by atoms with Crippen LogP contribution in [0.1, 0.15) is 16.7 Å². The zero-order valence-corrected chi connectivity index (χ0v) is 14.7. The molecule has 0 spiro atoms. The van der Waals surface area contributed by atoms with Crippen molar-refractivity contribution in [1.29, 1.82) is 5.26 Å². The van der Waals surface area contributed by atoms with Crippen LogP contribution in [0.3, 0.4) is 0 Å². The molecule has 2 heterocycles. The number of aromatic amines is 1. The van der Waals surface area contributed by atoms with Crippen LogP contribution >= 0.6 is 23.1 Å². The fourth-order valence-corrected chi connectivity index (χ4v) is 3.77. The lowest BCUT2D eigenvalue weighted by Crippen LogP contribution is -2.14. The third-order valence-electron chi connectivity index (χ3n) is 3.45. The van der Waals surface area contributed by atoms with Crippen molar-refractivity contribution in [3.8, 4) is 22.4 Å². The number of aromatic nitrogens is 2. The monoisotopic (exact) mass is 373 g/mol. The van der Waals surface area contributed by atoms with Crippen LogP contribution in [0.2, 0.25) is 0 Å². The van der Waals surface area contributed by atoms with E-state index in [1.54, 1.807) is 19.1 Å². The number of aromatic hydroxyl groups is 1. The largest absolute Gasteiger partial charge is 0.505 e. The Hall–Kier alpha value is -2.63. The van der Waals surface area contributed by atoms with E-state index in [1.807, 2.05) is 17.5 Å². The Bertz CT molecular complexity index is 1000. The molecule has 1 aromatic carbocycles. The van der Waals surface area contributed by atoms with Gasteiger partial charge in [0.1, 0.15) is 17.3 Å². The molecule has 8 heteroatoms. The third-order valence-corrected chi connectivity index (χ3v) is 5.27. The fourth-order valence-electron chi connectivity index (χ4n) is 2.26. The van der Waals surface area contributed by atoms with E-state index in [1.165, 1.54) is 29.2 Å². The number of thiophene rings is 1. The lowest BCUT2D eigenvalue weighted by Gasteiger charge is -2.07. The molecule has 5 nitrogen and oxygen atoms in total. The van der Waals surface area contributed by atoms with Crippen molar-refractivity contribution in [1.82, 2.24) is 9.97 Å². The Balaban J connectivity index is 1.92. The normalized spacial score (nSPS) is 10.6. The van der Waals surface area contributed by atoms with Gasteiger partial charge in [0.2, 0.25) is 0 Å². The predicted octanol–water partition coefficient (Wildman–Crippen LogP) is 3.82. The highest BCUT2D eigenvalue weighted by Gasteiger charge is 2.15. The zero-order chi connectivity index (χ0) is 18.0. The highest BCUT2D eigenvalue weighted by Crippen LogP contribution is 2.29. The first-order valence-corrected chi connectivity index (χ1v) is 9.05. The molecule has 0 amide bonds. The minimum atomic E-state index is -0.684. The number of nitrogens with one attached hydrogen (secondary N) is 1. The van der Waals surface area contributed by atoms with Crippen molar-refractivity contribution < 1.29 is 9.50 Å². The molecule has 126 valence electrons. The molecule has 2 aromatic heterocycles. The maximum Gasteiger partial charge on any atom is 0.270 e. The molecule has 0 radical (unpaired) electrons. The highest BCUT2D eigenvalue weighted by atomic mass is 32.2. The Kier molecular flexibility index (Phi) is 4.88. The van der Waals surface area contributed by atoms with Crippen molar-refractivity contribution in [2.45, 2.75) is 17.8 Å². The number of phenols is 1. The number of rotatable bonds is 4. The van der Waals surface area contributed by atoms with Gasteiger partial charge in [0.25, 0.3) is 5.56 Å². The van der Waals surface area contributed by atoms with Crippen molar-refractivity contribution in [2.75, 3.05) is 0 Å². The SMILES string of the molecule is Cc1cc(CSc2nc(-c3cccs3)c(C#N)c(=O)[nH]2)cc(F)c1O. The number of hydrogen-bond donors (Lipinski definition) is 2. The summed E-state index contributed by atoms with van der Waals surface area (Å²) in [6.07, 6.45) is 0. The quantitative estimate of drug-likeness (QED) is 0.536. The average Bonchev–Trinajstić information content (AvgIpc) is 3.11. The lowest BCUT2D eigenvalue weighted by molar-refractivity contribution is 0.428. The van der Waals surface area contributed by atoms with Crippen molar-refractivity contribution in [3.63, 3.8) is 0 Å². The number of nitriles is 1. The van der Waals surface area contributed by atoms with E-state index in [-0.39, 0.29) is 11.3 Å². The Morgan fingerprint density at radius 1 is 1.48 bits per heavy atom. The summed E-state index contributed by atoms with van der Waals surface area (Å²) in [6.45, 7) is 1.61. The smallest absolute Gasteiger partial charge is 0.270 e. The molecule has 0 aliphatic rings. The van der Waals surface area contributed by atoms with E-state index < -0.39 is 11.4 Å². The molecular formula is C17H12FN3O2S2. The summed E-state index contributed by atoms with van der Waals surface area (Å²) >= 11 is 2.61. The van der Waals surface area contributed by atoms with E-state index in [2.05, 4.69) is 9.97 Å². The van der Waals surface area contributed by atoms with Gasteiger partial charge in [-0.1, -0.05) is 23.9 Å². The van der Waals surface area contributed by atoms with E-state index in [9.17, 15) is 19.6 Å². The highest BCUT2D eigenvalue weighted by molar-refractivity contribution is 7.98. The zero-order valence-electron chi connectivity index (χ0n) is 13.0. The number of halogens is 1. The minimum Gasteiger partial charge on any atom is -0.505 e. The van der Waals surface area contributed by atoms with Gasteiger partial charge in [-0.3, -0.25) is 4.79 Å². The van der Waals surface area contributed by atoms with Gasteiger partial charge in [-0.2, -0.15) is 5.26 Å².